The number of nitriles is 1. The van der Waals surface area contributed by atoms with Gasteiger partial charge in [0, 0.05) is 21.8 Å². The average molecular weight is 352 g/mol. The molecule has 0 radical (unpaired) electrons. The van der Waals surface area contributed by atoms with E-state index in [9.17, 15) is 9.18 Å². The van der Waals surface area contributed by atoms with Crippen molar-refractivity contribution in [3.05, 3.63) is 75.6 Å². The molecule has 3 N–H and O–H groups in total. The molecule has 1 aliphatic rings. The van der Waals surface area contributed by atoms with Crippen molar-refractivity contribution in [2.24, 2.45) is 0 Å². The minimum Gasteiger partial charge on any atom is -0.398 e. The average Bonchev–Trinajstić information content (AvgIpc) is 2.95. The number of amides is 1. The summed E-state index contributed by atoms with van der Waals surface area (Å²) in [6.45, 7) is 0. The molecule has 4 nitrogen and oxygen atoms in total. The van der Waals surface area contributed by atoms with Gasteiger partial charge in [0.25, 0.3) is 5.91 Å². The molecule has 0 spiro atoms. The van der Waals surface area contributed by atoms with Crippen LogP contribution < -0.4 is 11.1 Å². The van der Waals surface area contributed by atoms with Crippen molar-refractivity contribution in [1.82, 2.24) is 5.32 Å². The van der Waals surface area contributed by atoms with Gasteiger partial charge in [-0.1, -0.05) is 17.7 Å². The quantitative estimate of drug-likeness (QED) is 0.652. The molecule has 1 atom stereocenters. The van der Waals surface area contributed by atoms with E-state index in [0.29, 0.717) is 38.4 Å². The summed E-state index contributed by atoms with van der Waals surface area (Å²) in [4.78, 5) is 12.6. The number of anilines is 1. The van der Waals surface area contributed by atoms with Gasteiger partial charge < -0.3 is 11.1 Å². The summed E-state index contributed by atoms with van der Waals surface area (Å²) in [7, 11) is 0. The number of fused-ring (bicyclic) bond motifs is 3. The van der Waals surface area contributed by atoms with Gasteiger partial charge in [-0.3, -0.25) is 4.79 Å². The van der Waals surface area contributed by atoms with Crippen LogP contribution in [0.4, 0.5) is 10.1 Å². The molecular weight excluding hydrogens is 341 g/mol. The summed E-state index contributed by atoms with van der Waals surface area (Å²) in [6, 6.07) is 12.2. The lowest BCUT2D eigenvalue weighted by Crippen LogP contribution is -2.20. The van der Waals surface area contributed by atoms with E-state index in [1.165, 1.54) is 18.2 Å². The topological polar surface area (TPSA) is 78.9 Å². The number of hydrogen-bond donors (Lipinski definition) is 2. The van der Waals surface area contributed by atoms with Crippen LogP contribution in [0.2, 0.25) is 5.02 Å². The minimum atomic E-state index is -0.638. The molecule has 0 fully saturated rings. The molecule has 1 heterocycles. The Balaban J connectivity index is 2.03. The standard InChI is InChI=1S/C19H11ClFN3O/c20-14-4-3-11(21)7-13(14)18-17-15(23)6-10-2-1-9(8-22)5-12(10)16(17)19(25)24-18/h1-7,18H,23H2,(H,24,25). The summed E-state index contributed by atoms with van der Waals surface area (Å²) in [5.41, 5.74) is 8.45. The van der Waals surface area contributed by atoms with Crippen LogP contribution in [0.15, 0.2) is 42.5 Å². The van der Waals surface area contributed by atoms with Crippen molar-refractivity contribution in [1.29, 1.82) is 5.26 Å². The lowest BCUT2D eigenvalue weighted by atomic mass is 9.92. The predicted molar refractivity (Wildman–Crippen MR) is 93.8 cm³/mol. The maximum Gasteiger partial charge on any atom is 0.253 e. The second-order valence-electron chi connectivity index (χ2n) is 5.87. The fraction of sp³-hybridized carbons (Fsp3) is 0.0526. The van der Waals surface area contributed by atoms with Crippen molar-refractivity contribution in [3.8, 4) is 6.07 Å². The summed E-state index contributed by atoms with van der Waals surface area (Å²) in [6.07, 6.45) is 0. The van der Waals surface area contributed by atoms with Crippen LogP contribution in [0.3, 0.4) is 0 Å². The Hall–Kier alpha value is -3.10. The largest absolute Gasteiger partial charge is 0.398 e. The van der Waals surface area contributed by atoms with Crippen molar-refractivity contribution in [2.45, 2.75) is 6.04 Å². The Morgan fingerprint density at radius 3 is 2.76 bits per heavy atom. The van der Waals surface area contributed by atoms with E-state index in [1.807, 2.05) is 0 Å². The molecule has 0 saturated heterocycles. The molecule has 0 aromatic heterocycles. The third kappa shape index (κ3) is 2.31. The van der Waals surface area contributed by atoms with E-state index < -0.39 is 11.9 Å². The molecule has 3 aromatic rings. The van der Waals surface area contributed by atoms with Crippen LogP contribution in [0.25, 0.3) is 10.8 Å². The van der Waals surface area contributed by atoms with Gasteiger partial charge in [0.05, 0.1) is 23.2 Å². The Morgan fingerprint density at radius 1 is 1.20 bits per heavy atom. The molecule has 0 aliphatic carbocycles. The summed E-state index contributed by atoms with van der Waals surface area (Å²) in [5, 5.41) is 13.7. The van der Waals surface area contributed by atoms with Gasteiger partial charge in [0.1, 0.15) is 5.82 Å². The zero-order chi connectivity index (χ0) is 17.7. The Bertz CT molecular complexity index is 1100. The molecule has 1 aliphatic heterocycles. The van der Waals surface area contributed by atoms with Gasteiger partial charge in [-0.15, -0.1) is 0 Å². The first kappa shape index (κ1) is 15.4. The van der Waals surface area contributed by atoms with Gasteiger partial charge in [-0.25, -0.2) is 4.39 Å². The number of nitrogens with one attached hydrogen (secondary N) is 1. The highest BCUT2D eigenvalue weighted by atomic mass is 35.5. The Labute approximate surface area is 147 Å². The molecule has 3 aromatic carbocycles. The SMILES string of the molecule is N#Cc1ccc2cc(N)c3c(c2c1)C(=O)NC3c1cc(F)ccc1Cl. The highest BCUT2D eigenvalue weighted by Crippen LogP contribution is 2.41. The molecule has 0 bridgehead atoms. The van der Waals surface area contributed by atoms with Gasteiger partial charge >= 0.3 is 0 Å². The number of carbonyl (C=O) groups excluding carboxylic acids is 1. The van der Waals surface area contributed by atoms with Crippen molar-refractivity contribution in [2.75, 3.05) is 5.73 Å². The van der Waals surface area contributed by atoms with Crippen LogP contribution in [-0.2, 0) is 0 Å². The third-order valence-corrected chi connectivity index (χ3v) is 4.75. The second-order valence-corrected chi connectivity index (χ2v) is 6.28. The number of nitrogens with two attached hydrogens (primary N) is 1. The fourth-order valence-corrected chi connectivity index (χ4v) is 3.53. The smallest absolute Gasteiger partial charge is 0.253 e. The number of nitrogens with zero attached hydrogens (tertiary/aromatic N) is 1. The highest BCUT2D eigenvalue weighted by molar-refractivity contribution is 6.31. The van der Waals surface area contributed by atoms with Crippen LogP contribution in [0, 0.1) is 17.1 Å². The number of benzene rings is 3. The number of carbonyl (C=O) groups is 1. The fourth-order valence-electron chi connectivity index (χ4n) is 3.30. The maximum atomic E-state index is 13.7. The summed E-state index contributed by atoms with van der Waals surface area (Å²) >= 11 is 6.21. The number of halogens is 2. The first-order valence-electron chi connectivity index (χ1n) is 7.51. The number of rotatable bonds is 1. The highest BCUT2D eigenvalue weighted by Gasteiger charge is 2.34. The molecule has 6 heteroatoms. The molecule has 0 saturated carbocycles. The maximum absolute atomic E-state index is 13.7. The molecule has 122 valence electrons. The lowest BCUT2D eigenvalue weighted by molar-refractivity contribution is 0.0962. The number of nitrogen functional groups attached to an aromatic ring is 1. The Kier molecular flexibility index (Phi) is 3.38. The molecule has 25 heavy (non-hydrogen) atoms. The first-order valence-corrected chi connectivity index (χ1v) is 7.89. The Morgan fingerprint density at radius 2 is 2.00 bits per heavy atom. The van der Waals surface area contributed by atoms with E-state index in [0.717, 1.165) is 5.39 Å². The molecule has 1 unspecified atom stereocenters. The van der Waals surface area contributed by atoms with Gasteiger partial charge in [0.2, 0.25) is 0 Å². The van der Waals surface area contributed by atoms with Crippen LogP contribution in [-0.4, -0.2) is 5.91 Å². The van der Waals surface area contributed by atoms with E-state index in [-0.39, 0.29) is 5.91 Å². The van der Waals surface area contributed by atoms with Gasteiger partial charge in [-0.2, -0.15) is 5.26 Å². The first-order chi connectivity index (χ1) is 12.0. The van der Waals surface area contributed by atoms with E-state index >= 15 is 0 Å². The second kappa shape index (κ2) is 5.47. The molecular formula is C19H11ClFN3O. The van der Waals surface area contributed by atoms with Crippen molar-refractivity contribution in [3.63, 3.8) is 0 Å². The minimum absolute atomic E-state index is 0.326. The number of hydrogen-bond acceptors (Lipinski definition) is 3. The normalized spacial score (nSPS) is 15.7. The van der Waals surface area contributed by atoms with Crippen LogP contribution in [0.5, 0.6) is 0 Å². The lowest BCUT2D eigenvalue weighted by Gasteiger charge is -2.16. The monoisotopic (exact) mass is 351 g/mol. The zero-order valence-corrected chi connectivity index (χ0v) is 13.6. The van der Waals surface area contributed by atoms with E-state index in [4.69, 9.17) is 22.6 Å². The van der Waals surface area contributed by atoms with Crippen LogP contribution >= 0.6 is 11.6 Å². The van der Waals surface area contributed by atoms with Crippen molar-refractivity contribution >= 4 is 34.0 Å². The third-order valence-electron chi connectivity index (χ3n) is 4.40. The predicted octanol–water partition coefficient (Wildman–Crippen LogP) is 3.92. The van der Waals surface area contributed by atoms with Gasteiger partial charge in [0.15, 0.2) is 0 Å². The zero-order valence-electron chi connectivity index (χ0n) is 12.8. The summed E-state index contributed by atoms with van der Waals surface area (Å²) in [5.74, 6) is -0.777. The van der Waals surface area contributed by atoms with Gasteiger partial charge in [-0.05, 0) is 47.2 Å². The van der Waals surface area contributed by atoms with Crippen molar-refractivity contribution < 1.29 is 9.18 Å². The summed E-state index contributed by atoms with van der Waals surface area (Å²) < 4.78 is 13.7. The van der Waals surface area contributed by atoms with Crippen LogP contribution in [0.1, 0.15) is 33.1 Å². The molecule has 4 rings (SSSR count). The van der Waals surface area contributed by atoms with E-state index in [2.05, 4.69) is 11.4 Å². The molecule has 1 amide bonds. The van der Waals surface area contributed by atoms with E-state index in [1.54, 1.807) is 24.3 Å².